The molecule has 0 saturated carbocycles. The van der Waals surface area contributed by atoms with Gasteiger partial charge in [0.25, 0.3) is 5.91 Å². The van der Waals surface area contributed by atoms with Crippen molar-refractivity contribution in [2.75, 3.05) is 24.5 Å². The van der Waals surface area contributed by atoms with Gasteiger partial charge in [0.1, 0.15) is 5.75 Å². The van der Waals surface area contributed by atoms with E-state index in [0.29, 0.717) is 35.7 Å². The van der Waals surface area contributed by atoms with Crippen LogP contribution in [0.2, 0.25) is 0 Å². The molecule has 40 heavy (non-hydrogen) atoms. The van der Waals surface area contributed by atoms with Gasteiger partial charge in [0, 0.05) is 25.6 Å². The quantitative estimate of drug-likeness (QED) is 0.489. The second kappa shape index (κ2) is 11.4. The lowest BCUT2D eigenvalue weighted by atomic mass is 9.95. The molecule has 0 radical (unpaired) electrons. The number of hydrogen-bond donors (Lipinski definition) is 1. The summed E-state index contributed by atoms with van der Waals surface area (Å²) < 4.78 is 34.6. The van der Waals surface area contributed by atoms with E-state index < -0.39 is 16.1 Å². The SMILES string of the molecule is Cc1cc(C)c(S(=O)(=O)N2CCC(C(=O)N3CC(C(=O)NCc4ccccc4)Oc4ccccc43)CC2)c(C)c1. The van der Waals surface area contributed by atoms with Crippen LogP contribution in [0.25, 0.3) is 0 Å². The first-order chi connectivity index (χ1) is 19.1. The van der Waals surface area contributed by atoms with E-state index in [-0.39, 0.29) is 37.4 Å². The lowest BCUT2D eigenvalue weighted by Gasteiger charge is -2.38. The number of amides is 2. The van der Waals surface area contributed by atoms with E-state index in [0.717, 1.165) is 22.3 Å². The summed E-state index contributed by atoms with van der Waals surface area (Å²) in [5.74, 6) is -0.282. The van der Waals surface area contributed by atoms with Crippen molar-refractivity contribution in [2.24, 2.45) is 5.92 Å². The van der Waals surface area contributed by atoms with E-state index in [9.17, 15) is 18.0 Å². The van der Waals surface area contributed by atoms with Crippen LogP contribution >= 0.6 is 0 Å². The molecule has 2 heterocycles. The molecular weight excluding hydrogens is 526 g/mol. The highest BCUT2D eigenvalue weighted by atomic mass is 32.2. The summed E-state index contributed by atoms with van der Waals surface area (Å²) >= 11 is 0. The van der Waals surface area contributed by atoms with E-state index in [2.05, 4.69) is 5.32 Å². The zero-order chi connectivity index (χ0) is 28.4. The minimum absolute atomic E-state index is 0.0940. The Morgan fingerprint density at radius 1 is 0.925 bits per heavy atom. The van der Waals surface area contributed by atoms with E-state index in [4.69, 9.17) is 4.74 Å². The first-order valence-electron chi connectivity index (χ1n) is 13.6. The van der Waals surface area contributed by atoms with Crippen LogP contribution in [-0.2, 0) is 26.2 Å². The van der Waals surface area contributed by atoms with Crippen LogP contribution in [0.15, 0.2) is 71.6 Å². The van der Waals surface area contributed by atoms with Crippen molar-refractivity contribution in [2.45, 2.75) is 51.2 Å². The molecule has 210 valence electrons. The van der Waals surface area contributed by atoms with E-state index in [1.54, 1.807) is 11.0 Å². The Morgan fingerprint density at radius 2 is 1.55 bits per heavy atom. The third-order valence-electron chi connectivity index (χ3n) is 7.65. The highest BCUT2D eigenvalue weighted by Gasteiger charge is 2.39. The van der Waals surface area contributed by atoms with Crippen molar-refractivity contribution >= 4 is 27.5 Å². The maximum Gasteiger partial charge on any atom is 0.263 e. The van der Waals surface area contributed by atoms with E-state index in [1.807, 2.05) is 81.4 Å². The highest BCUT2D eigenvalue weighted by Crippen LogP contribution is 2.36. The van der Waals surface area contributed by atoms with Crippen molar-refractivity contribution in [3.8, 4) is 5.75 Å². The molecule has 8 nitrogen and oxygen atoms in total. The first-order valence-corrected chi connectivity index (χ1v) is 15.1. The second-order valence-corrected chi connectivity index (χ2v) is 12.5. The van der Waals surface area contributed by atoms with Crippen LogP contribution in [-0.4, -0.2) is 50.3 Å². The molecule has 0 aliphatic carbocycles. The Morgan fingerprint density at radius 3 is 2.23 bits per heavy atom. The lowest BCUT2D eigenvalue weighted by molar-refractivity contribution is -0.129. The smallest absolute Gasteiger partial charge is 0.263 e. The highest BCUT2D eigenvalue weighted by molar-refractivity contribution is 7.89. The van der Waals surface area contributed by atoms with Gasteiger partial charge in [-0.25, -0.2) is 8.42 Å². The van der Waals surface area contributed by atoms with Gasteiger partial charge in [-0.05, 0) is 62.4 Å². The Bertz CT molecular complexity index is 1490. The molecule has 3 aromatic carbocycles. The van der Waals surface area contributed by atoms with Gasteiger partial charge in [0.15, 0.2) is 6.10 Å². The van der Waals surface area contributed by atoms with Crippen LogP contribution in [0.3, 0.4) is 0 Å². The number of carbonyl (C=O) groups excluding carboxylic acids is 2. The Labute approximate surface area is 236 Å². The largest absolute Gasteiger partial charge is 0.477 e. The molecular formula is C31H35N3O5S. The normalized spacial score (nSPS) is 18.1. The average molecular weight is 562 g/mol. The molecule has 9 heteroatoms. The number of anilines is 1. The van der Waals surface area contributed by atoms with Crippen molar-refractivity contribution in [1.29, 1.82) is 0 Å². The average Bonchev–Trinajstić information content (AvgIpc) is 2.95. The van der Waals surface area contributed by atoms with Gasteiger partial charge in [-0.1, -0.05) is 60.2 Å². The van der Waals surface area contributed by atoms with Crippen LogP contribution in [0.5, 0.6) is 5.75 Å². The third kappa shape index (κ3) is 5.62. The number of ether oxygens (including phenoxy) is 1. The van der Waals surface area contributed by atoms with Gasteiger partial charge in [-0.15, -0.1) is 0 Å². The van der Waals surface area contributed by atoms with Crippen LogP contribution < -0.4 is 15.0 Å². The minimum Gasteiger partial charge on any atom is -0.477 e. The Kier molecular flexibility index (Phi) is 7.96. The van der Waals surface area contributed by atoms with Gasteiger partial charge >= 0.3 is 0 Å². The number of para-hydroxylation sites is 2. The number of nitrogens with zero attached hydrogens (tertiary/aromatic N) is 2. The topological polar surface area (TPSA) is 96.0 Å². The minimum atomic E-state index is -3.68. The molecule has 1 atom stereocenters. The molecule has 1 fully saturated rings. The molecule has 0 aromatic heterocycles. The fraction of sp³-hybridized carbons (Fsp3) is 0.355. The van der Waals surface area contributed by atoms with Gasteiger partial charge in [-0.2, -0.15) is 4.31 Å². The van der Waals surface area contributed by atoms with Crippen molar-refractivity contribution in [1.82, 2.24) is 9.62 Å². The molecule has 1 saturated heterocycles. The molecule has 2 amide bonds. The number of nitrogens with one attached hydrogen (secondary N) is 1. The molecule has 0 bridgehead atoms. The van der Waals surface area contributed by atoms with Gasteiger partial charge in [0.05, 0.1) is 17.1 Å². The van der Waals surface area contributed by atoms with Crippen molar-refractivity contribution in [3.05, 3.63) is 89.0 Å². The first kappa shape index (κ1) is 27.9. The second-order valence-electron chi connectivity index (χ2n) is 10.6. The maximum atomic E-state index is 13.8. The zero-order valence-electron chi connectivity index (χ0n) is 23.1. The number of hydrogen-bond acceptors (Lipinski definition) is 5. The molecule has 2 aliphatic rings. The maximum absolute atomic E-state index is 13.8. The van der Waals surface area contributed by atoms with Gasteiger partial charge in [0.2, 0.25) is 15.9 Å². The van der Waals surface area contributed by atoms with Crippen molar-refractivity contribution < 1.29 is 22.7 Å². The Balaban J connectivity index is 1.28. The summed E-state index contributed by atoms with van der Waals surface area (Å²) in [4.78, 5) is 28.8. The fourth-order valence-corrected chi connectivity index (χ4v) is 7.63. The number of rotatable bonds is 6. The number of fused-ring (bicyclic) bond motifs is 1. The fourth-order valence-electron chi connectivity index (χ4n) is 5.74. The number of aryl methyl sites for hydroxylation is 3. The van der Waals surface area contributed by atoms with Gasteiger partial charge in [-0.3, -0.25) is 9.59 Å². The molecule has 2 aliphatic heterocycles. The van der Waals surface area contributed by atoms with Crippen LogP contribution in [0.1, 0.15) is 35.1 Å². The molecule has 1 N–H and O–H groups in total. The van der Waals surface area contributed by atoms with Crippen LogP contribution in [0.4, 0.5) is 5.69 Å². The summed E-state index contributed by atoms with van der Waals surface area (Å²) in [6.07, 6.45) is -0.0331. The number of sulfonamides is 1. The van der Waals surface area contributed by atoms with Gasteiger partial charge < -0.3 is 15.0 Å². The summed E-state index contributed by atoms with van der Waals surface area (Å²) in [5, 5.41) is 2.91. The summed E-state index contributed by atoms with van der Waals surface area (Å²) in [7, 11) is -3.68. The zero-order valence-corrected chi connectivity index (χ0v) is 23.9. The summed E-state index contributed by atoms with van der Waals surface area (Å²) in [6.45, 7) is 6.58. The van der Waals surface area contributed by atoms with Crippen molar-refractivity contribution in [3.63, 3.8) is 0 Å². The number of carbonyl (C=O) groups is 2. The predicted octanol–water partition coefficient (Wildman–Crippen LogP) is 4.12. The van der Waals surface area contributed by atoms with E-state index >= 15 is 0 Å². The third-order valence-corrected chi connectivity index (χ3v) is 9.85. The lowest BCUT2D eigenvalue weighted by Crippen LogP contribution is -2.53. The molecule has 3 aromatic rings. The Hall–Kier alpha value is -3.69. The summed E-state index contributed by atoms with van der Waals surface area (Å²) in [5.41, 5.74) is 4.09. The molecule has 0 spiro atoms. The summed E-state index contributed by atoms with van der Waals surface area (Å²) in [6, 6.07) is 20.6. The van der Waals surface area contributed by atoms with Crippen LogP contribution in [0, 0.1) is 26.7 Å². The number of benzene rings is 3. The monoisotopic (exact) mass is 561 g/mol. The predicted molar refractivity (Wildman–Crippen MR) is 154 cm³/mol. The standard InChI is InChI=1S/C31H35N3O5S/c1-21-17-22(2)29(23(3)18-21)40(37,38)33-15-13-25(14-16-33)31(36)34-20-28(39-27-12-8-7-11-26(27)34)30(35)32-19-24-9-5-4-6-10-24/h4-12,17-18,25,28H,13-16,19-20H2,1-3H3,(H,32,35). The van der Waals surface area contributed by atoms with E-state index in [1.165, 1.54) is 4.31 Å². The molecule has 1 unspecified atom stereocenters. The number of piperidine rings is 1. The molecule has 5 rings (SSSR count).